The molecule has 32 heavy (non-hydrogen) atoms. The van der Waals surface area contributed by atoms with Crippen LogP contribution in [0.2, 0.25) is 0 Å². The molecule has 1 amide bonds. The highest BCUT2D eigenvalue weighted by Crippen LogP contribution is 2.45. The van der Waals surface area contributed by atoms with Crippen molar-refractivity contribution in [2.45, 2.75) is 19.3 Å². The number of anilines is 1. The molecule has 1 N–H and O–H groups in total. The highest BCUT2D eigenvalue weighted by atomic mass is 16.5. The van der Waals surface area contributed by atoms with Gasteiger partial charge in [-0.25, -0.2) is 0 Å². The van der Waals surface area contributed by atoms with Crippen molar-refractivity contribution in [1.29, 1.82) is 0 Å². The summed E-state index contributed by atoms with van der Waals surface area (Å²) in [7, 11) is 1.59. The standard InChI is InChI=1S/C22H21N7O3/c1-4-10-32-21-14(6-5-7-16(21)31-3)15-11-19(30)24-22-20(15)13(2)26-29(22)18-9-8-17-25-23-12-28(17)27-18/h4-9,12,15H,1,10-11H2,2-3H3,(H,24,30)/t15-/m0/s1. The first-order valence-electron chi connectivity index (χ1n) is 10.1. The fourth-order valence-corrected chi connectivity index (χ4v) is 4.07. The molecule has 0 aliphatic carbocycles. The summed E-state index contributed by atoms with van der Waals surface area (Å²) in [6, 6.07) is 9.26. The molecule has 4 heterocycles. The van der Waals surface area contributed by atoms with E-state index in [0.717, 1.165) is 16.8 Å². The fourth-order valence-electron chi connectivity index (χ4n) is 4.07. The fraction of sp³-hybridized carbons (Fsp3) is 0.227. The van der Waals surface area contributed by atoms with Crippen molar-refractivity contribution in [3.63, 3.8) is 0 Å². The quantitative estimate of drug-likeness (QED) is 0.468. The lowest BCUT2D eigenvalue weighted by atomic mass is 9.85. The molecule has 1 aromatic carbocycles. The summed E-state index contributed by atoms with van der Waals surface area (Å²) in [5.74, 6) is 1.93. The van der Waals surface area contributed by atoms with E-state index in [1.807, 2.05) is 25.1 Å². The Bertz CT molecular complexity index is 1340. The lowest BCUT2D eigenvalue weighted by Gasteiger charge is -2.26. The summed E-state index contributed by atoms with van der Waals surface area (Å²) in [4.78, 5) is 12.8. The maximum Gasteiger partial charge on any atom is 0.226 e. The van der Waals surface area contributed by atoms with E-state index in [9.17, 15) is 4.79 Å². The van der Waals surface area contributed by atoms with Crippen LogP contribution < -0.4 is 14.8 Å². The summed E-state index contributed by atoms with van der Waals surface area (Å²) in [6.45, 7) is 5.97. The number of hydrogen-bond donors (Lipinski definition) is 1. The maximum atomic E-state index is 12.8. The van der Waals surface area contributed by atoms with E-state index >= 15 is 0 Å². The van der Waals surface area contributed by atoms with Gasteiger partial charge in [0, 0.05) is 23.5 Å². The van der Waals surface area contributed by atoms with Gasteiger partial charge in [0.15, 0.2) is 23.0 Å². The number of ether oxygens (including phenoxy) is 2. The molecule has 0 unspecified atom stereocenters. The molecule has 0 saturated carbocycles. The Hall–Kier alpha value is -4.21. The van der Waals surface area contributed by atoms with Gasteiger partial charge in [-0.3, -0.25) is 4.79 Å². The van der Waals surface area contributed by atoms with Gasteiger partial charge in [-0.05, 0) is 25.1 Å². The van der Waals surface area contributed by atoms with E-state index in [4.69, 9.17) is 14.6 Å². The average Bonchev–Trinajstić information content (AvgIpc) is 3.40. The van der Waals surface area contributed by atoms with E-state index < -0.39 is 0 Å². The molecule has 0 saturated heterocycles. The van der Waals surface area contributed by atoms with Crippen LogP contribution in [0.4, 0.5) is 5.82 Å². The molecule has 5 rings (SSSR count). The number of benzene rings is 1. The molecule has 162 valence electrons. The van der Waals surface area contributed by atoms with Crippen molar-refractivity contribution in [1.82, 2.24) is 29.6 Å². The molecule has 0 radical (unpaired) electrons. The Morgan fingerprint density at radius 3 is 2.97 bits per heavy atom. The molecule has 1 aliphatic rings. The lowest BCUT2D eigenvalue weighted by Crippen LogP contribution is -2.25. The van der Waals surface area contributed by atoms with E-state index in [1.165, 1.54) is 6.33 Å². The van der Waals surface area contributed by atoms with Crippen molar-refractivity contribution < 1.29 is 14.3 Å². The number of carbonyl (C=O) groups is 1. The van der Waals surface area contributed by atoms with Crippen LogP contribution in [0.3, 0.4) is 0 Å². The van der Waals surface area contributed by atoms with E-state index in [1.54, 1.807) is 34.5 Å². The average molecular weight is 431 g/mol. The number of nitrogens with one attached hydrogen (secondary N) is 1. The van der Waals surface area contributed by atoms with Crippen LogP contribution >= 0.6 is 0 Å². The summed E-state index contributed by atoms with van der Waals surface area (Å²) < 4.78 is 14.7. The number of aryl methyl sites for hydroxylation is 1. The zero-order valence-electron chi connectivity index (χ0n) is 17.6. The minimum absolute atomic E-state index is 0.119. The van der Waals surface area contributed by atoms with Crippen LogP contribution in [0.15, 0.2) is 49.3 Å². The molecular weight excluding hydrogens is 410 g/mol. The normalized spacial score (nSPS) is 15.3. The summed E-state index contributed by atoms with van der Waals surface area (Å²) in [6.07, 6.45) is 3.45. The molecular formula is C22H21N7O3. The van der Waals surface area contributed by atoms with Crippen LogP contribution in [0.1, 0.15) is 29.2 Å². The van der Waals surface area contributed by atoms with E-state index in [-0.39, 0.29) is 18.2 Å². The molecule has 0 spiro atoms. The highest BCUT2D eigenvalue weighted by molar-refractivity contribution is 5.95. The molecule has 1 aliphatic heterocycles. The topological polar surface area (TPSA) is 108 Å². The van der Waals surface area contributed by atoms with Gasteiger partial charge in [0.2, 0.25) is 5.91 Å². The van der Waals surface area contributed by atoms with Gasteiger partial charge in [-0.1, -0.05) is 24.8 Å². The number of fused-ring (bicyclic) bond motifs is 2. The molecule has 10 nitrogen and oxygen atoms in total. The Morgan fingerprint density at radius 2 is 2.16 bits per heavy atom. The maximum absolute atomic E-state index is 12.8. The third-order valence-electron chi connectivity index (χ3n) is 5.42. The third kappa shape index (κ3) is 3.16. The van der Waals surface area contributed by atoms with Crippen LogP contribution in [0, 0.1) is 6.92 Å². The molecule has 10 heteroatoms. The van der Waals surface area contributed by atoms with Gasteiger partial charge in [-0.15, -0.1) is 15.3 Å². The van der Waals surface area contributed by atoms with E-state index in [2.05, 4.69) is 27.2 Å². The zero-order chi connectivity index (χ0) is 22.2. The molecule has 1 atom stereocenters. The molecule has 0 fully saturated rings. The minimum atomic E-state index is -0.263. The number of aromatic nitrogens is 6. The first kappa shape index (κ1) is 19.7. The highest BCUT2D eigenvalue weighted by Gasteiger charge is 2.35. The SMILES string of the molecule is C=CCOc1c(OC)cccc1[C@@H]1CC(=O)Nc2c1c(C)nn2-c1ccc2nncn2n1. The monoisotopic (exact) mass is 431 g/mol. The van der Waals surface area contributed by atoms with Gasteiger partial charge in [0.05, 0.1) is 12.8 Å². The number of amides is 1. The second-order valence-corrected chi connectivity index (χ2v) is 7.37. The van der Waals surface area contributed by atoms with E-state index in [0.29, 0.717) is 35.4 Å². The van der Waals surface area contributed by atoms with Crippen LogP contribution in [0.5, 0.6) is 11.5 Å². The van der Waals surface area contributed by atoms with Gasteiger partial charge >= 0.3 is 0 Å². The number of methoxy groups -OCH3 is 1. The first-order chi connectivity index (χ1) is 15.6. The molecule has 3 aromatic heterocycles. The second kappa shape index (κ2) is 7.80. The summed E-state index contributed by atoms with van der Waals surface area (Å²) >= 11 is 0. The number of hydrogen-bond acceptors (Lipinski definition) is 7. The Kier molecular flexibility index (Phi) is 4.81. The molecule has 4 aromatic rings. The van der Waals surface area contributed by atoms with Crippen LogP contribution in [-0.4, -0.2) is 49.2 Å². The second-order valence-electron chi connectivity index (χ2n) is 7.37. The number of rotatable bonds is 6. The van der Waals surface area contributed by atoms with Gasteiger partial charge < -0.3 is 14.8 Å². The number of nitrogens with zero attached hydrogens (tertiary/aromatic N) is 6. The lowest BCUT2D eigenvalue weighted by molar-refractivity contribution is -0.116. The smallest absolute Gasteiger partial charge is 0.226 e. The van der Waals surface area contributed by atoms with Crippen molar-refractivity contribution in [3.8, 4) is 17.3 Å². The first-order valence-corrected chi connectivity index (χ1v) is 10.1. The number of para-hydroxylation sites is 1. The van der Waals surface area contributed by atoms with Crippen LogP contribution in [-0.2, 0) is 4.79 Å². The molecule has 0 bridgehead atoms. The Morgan fingerprint density at radius 1 is 1.28 bits per heavy atom. The largest absolute Gasteiger partial charge is 0.493 e. The predicted molar refractivity (Wildman–Crippen MR) is 116 cm³/mol. The van der Waals surface area contributed by atoms with Crippen molar-refractivity contribution in [2.75, 3.05) is 19.0 Å². The van der Waals surface area contributed by atoms with Crippen molar-refractivity contribution in [3.05, 3.63) is 66.1 Å². The summed E-state index contributed by atoms with van der Waals surface area (Å²) in [5.41, 5.74) is 3.17. The van der Waals surface area contributed by atoms with Gasteiger partial charge in [0.1, 0.15) is 18.8 Å². The minimum Gasteiger partial charge on any atom is -0.493 e. The summed E-state index contributed by atoms with van der Waals surface area (Å²) in [5, 5.41) is 20.0. The van der Waals surface area contributed by atoms with Crippen LogP contribution in [0.25, 0.3) is 11.5 Å². The Labute approximate surface area is 183 Å². The number of carbonyl (C=O) groups excluding carboxylic acids is 1. The van der Waals surface area contributed by atoms with Crippen molar-refractivity contribution in [2.24, 2.45) is 0 Å². The Balaban J connectivity index is 1.66. The predicted octanol–water partition coefficient (Wildman–Crippen LogP) is 2.67. The zero-order valence-corrected chi connectivity index (χ0v) is 17.6. The van der Waals surface area contributed by atoms with Crippen molar-refractivity contribution >= 4 is 17.4 Å². The van der Waals surface area contributed by atoms with Gasteiger partial charge in [-0.2, -0.15) is 14.3 Å². The third-order valence-corrected chi connectivity index (χ3v) is 5.42. The van der Waals surface area contributed by atoms with Gasteiger partial charge in [0.25, 0.3) is 0 Å².